The highest BCUT2D eigenvalue weighted by atomic mass is 16.5. The fourth-order valence-corrected chi connectivity index (χ4v) is 3.63. The van der Waals surface area contributed by atoms with Crippen molar-refractivity contribution in [2.75, 3.05) is 0 Å². The molecule has 1 atom stereocenters. The smallest absolute Gasteiger partial charge is 0.306 e. The van der Waals surface area contributed by atoms with Gasteiger partial charge in [0.15, 0.2) is 0 Å². The molecule has 0 aliphatic heterocycles. The van der Waals surface area contributed by atoms with Gasteiger partial charge in [0.25, 0.3) is 0 Å². The van der Waals surface area contributed by atoms with Crippen LogP contribution in [0.15, 0.2) is 0 Å². The molecule has 0 heterocycles. The summed E-state index contributed by atoms with van der Waals surface area (Å²) in [4.78, 5) is 23.2. The highest BCUT2D eigenvalue weighted by Gasteiger charge is 2.14. The minimum absolute atomic E-state index is 0.0175. The lowest BCUT2D eigenvalue weighted by molar-refractivity contribution is -0.150. The summed E-state index contributed by atoms with van der Waals surface area (Å²) in [5.74, 6) is 0.243. The highest BCUT2D eigenvalue weighted by molar-refractivity contribution is 5.75. The average Bonchev–Trinajstić information content (AvgIpc) is 2.66. The standard InChI is InChI=1S/C25H48O3/c1-4-6-8-10-12-17-21-24(20-16-11-9-7-5-2)28-25(27)22-18-14-13-15-19-23(3)26/h24H,4-22H2,1-3H3. The Balaban J connectivity index is 4.00. The van der Waals surface area contributed by atoms with E-state index in [0.717, 1.165) is 38.5 Å². The Bertz CT molecular complexity index is 365. The van der Waals surface area contributed by atoms with Crippen molar-refractivity contribution in [2.24, 2.45) is 0 Å². The van der Waals surface area contributed by atoms with Gasteiger partial charge >= 0.3 is 5.97 Å². The molecule has 0 rings (SSSR count). The SMILES string of the molecule is CCCCCCCCC(CCCCCCC)OC(=O)CCCCCCC(C)=O. The molecule has 3 nitrogen and oxygen atoms in total. The van der Waals surface area contributed by atoms with Gasteiger partial charge in [-0.1, -0.05) is 84.5 Å². The predicted molar refractivity (Wildman–Crippen MR) is 120 cm³/mol. The van der Waals surface area contributed by atoms with Crippen LogP contribution >= 0.6 is 0 Å². The molecule has 28 heavy (non-hydrogen) atoms. The van der Waals surface area contributed by atoms with Crippen molar-refractivity contribution in [1.82, 2.24) is 0 Å². The Kier molecular flexibility index (Phi) is 20.2. The maximum atomic E-state index is 12.2. The number of hydrogen-bond donors (Lipinski definition) is 0. The third-order valence-electron chi connectivity index (χ3n) is 5.47. The van der Waals surface area contributed by atoms with Gasteiger partial charge in [-0.15, -0.1) is 0 Å². The van der Waals surface area contributed by atoms with Gasteiger partial charge in [0.2, 0.25) is 0 Å². The first-order chi connectivity index (χ1) is 13.6. The molecule has 0 aliphatic rings. The molecule has 0 aromatic heterocycles. The molecule has 0 radical (unpaired) electrons. The second-order valence-corrected chi connectivity index (χ2v) is 8.49. The van der Waals surface area contributed by atoms with Gasteiger partial charge in [-0.3, -0.25) is 4.79 Å². The van der Waals surface area contributed by atoms with Crippen LogP contribution in [0, 0.1) is 0 Å². The first-order valence-corrected chi connectivity index (χ1v) is 12.3. The van der Waals surface area contributed by atoms with Crippen molar-refractivity contribution in [3.63, 3.8) is 0 Å². The second kappa shape index (κ2) is 20.9. The molecule has 0 saturated carbocycles. The molecular formula is C25H48O3. The number of carbonyl (C=O) groups is 2. The summed E-state index contributed by atoms with van der Waals surface area (Å²) in [5, 5.41) is 0. The quantitative estimate of drug-likeness (QED) is 0.146. The maximum Gasteiger partial charge on any atom is 0.306 e. The van der Waals surface area contributed by atoms with E-state index in [-0.39, 0.29) is 17.9 Å². The number of unbranched alkanes of at least 4 members (excludes halogenated alkanes) is 12. The molecule has 0 N–H and O–H groups in total. The number of ketones is 1. The fraction of sp³-hybridized carbons (Fsp3) is 0.920. The highest BCUT2D eigenvalue weighted by Crippen LogP contribution is 2.18. The van der Waals surface area contributed by atoms with E-state index < -0.39 is 0 Å². The number of carbonyl (C=O) groups excluding carboxylic acids is 2. The molecule has 1 unspecified atom stereocenters. The Hall–Kier alpha value is -0.860. The van der Waals surface area contributed by atoms with Crippen molar-refractivity contribution in [3.8, 4) is 0 Å². The van der Waals surface area contributed by atoms with Gasteiger partial charge in [-0.2, -0.15) is 0 Å². The largest absolute Gasteiger partial charge is 0.462 e. The summed E-state index contributed by atoms with van der Waals surface area (Å²) < 4.78 is 5.84. The van der Waals surface area contributed by atoms with Crippen LogP contribution < -0.4 is 0 Å². The third-order valence-corrected chi connectivity index (χ3v) is 5.47. The second-order valence-electron chi connectivity index (χ2n) is 8.49. The zero-order valence-corrected chi connectivity index (χ0v) is 19.2. The zero-order chi connectivity index (χ0) is 20.9. The maximum absolute atomic E-state index is 12.2. The van der Waals surface area contributed by atoms with Crippen LogP contribution in [0.3, 0.4) is 0 Å². The third kappa shape index (κ3) is 19.9. The van der Waals surface area contributed by atoms with Crippen LogP contribution in [0.2, 0.25) is 0 Å². The van der Waals surface area contributed by atoms with Crippen LogP contribution in [-0.2, 0) is 14.3 Å². The summed E-state index contributed by atoms with van der Waals surface area (Å²) in [6.07, 6.45) is 21.3. The predicted octanol–water partition coefficient (Wildman–Crippen LogP) is 7.94. The minimum atomic E-state index is -0.0175. The molecule has 3 heteroatoms. The first-order valence-electron chi connectivity index (χ1n) is 12.3. The lowest BCUT2D eigenvalue weighted by atomic mass is 10.0. The number of rotatable bonds is 21. The number of hydrogen-bond acceptors (Lipinski definition) is 3. The monoisotopic (exact) mass is 396 g/mol. The minimum Gasteiger partial charge on any atom is -0.462 e. The van der Waals surface area contributed by atoms with E-state index in [2.05, 4.69) is 13.8 Å². The van der Waals surface area contributed by atoms with Crippen LogP contribution in [0.1, 0.15) is 143 Å². The molecule has 0 aromatic carbocycles. The fourth-order valence-electron chi connectivity index (χ4n) is 3.63. The van der Waals surface area contributed by atoms with Gasteiger partial charge in [0.05, 0.1) is 0 Å². The molecule has 0 bridgehead atoms. The van der Waals surface area contributed by atoms with Gasteiger partial charge in [0.1, 0.15) is 11.9 Å². The van der Waals surface area contributed by atoms with Gasteiger partial charge in [-0.05, 0) is 45.4 Å². The number of ether oxygens (including phenoxy) is 1. The molecular weight excluding hydrogens is 348 g/mol. The van der Waals surface area contributed by atoms with Crippen molar-refractivity contribution < 1.29 is 14.3 Å². The molecule has 0 fully saturated rings. The lowest BCUT2D eigenvalue weighted by Gasteiger charge is -2.18. The number of esters is 1. The van der Waals surface area contributed by atoms with Crippen LogP contribution in [0.25, 0.3) is 0 Å². The van der Waals surface area contributed by atoms with Crippen molar-refractivity contribution in [2.45, 2.75) is 149 Å². The number of Topliss-reactive ketones (excluding diaryl/α,β-unsaturated/α-hetero) is 1. The molecule has 166 valence electrons. The summed E-state index contributed by atoms with van der Waals surface area (Å²) >= 11 is 0. The summed E-state index contributed by atoms with van der Waals surface area (Å²) in [6, 6.07) is 0. The Morgan fingerprint density at radius 3 is 1.54 bits per heavy atom. The van der Waals surface area contributed by atoms with E-state index in [1.165, 1.54) is 70.6 Å². The molecule has 0 saturated heterocycles. The Morgan fingerprint density at radius 1 is 0.607 bits per heavy atom. The molecule has 0 aliphatic carbocycles. The summed E-state index contributed by atoms with van der Waals surface area (Å²) in [5.41, 5.74) is 0. The van der Waals surface area contributed by atoms with E-state index >= 15 is 0 Å². The van der Waals surface area contributed by atoms with Gasteiger partial charge < -0.3 is 9.53 Å². The van der Waals surface area contributed by atoms with E-state index in [4.69, 9.17) is 4.74 Å². The van der Waals surface area contributed by atoms with Crippen molar-refractivity contribution in [1.29, 1.82) is 0 Å². The molecule has 0 amide bonds. The van der Waals surface area contributed by atoms with Crippen LogP contribution in [0.4, 0.5) is 0 Å². The normalized spacial score (nSPS) is 12.1. The van der Waals surface area contributed by atoms with Crippen LogP contribution in [-0.4, -0.2) is 17.9 Å². The van der Waals surface area contributed by atoms with Gasteiger partial charge in [-0.25, -0.2) is 0 Å². The topological polar surface area (TPSA) is 43.4 Å². The summed E-state index contributed by atoms with van der Waals surface area (Å²) in [6.45, 7) is 6.13. The van der Waals surface area contributed by atoms with E-state index in [1.807, 2.05) is 0 Å². The Morgan fingerprint density at radius 2 is 1.04 bits per heavy atom. The lowest BCUT2D eigenvalue weighted by Crippen LogP contribution is -2.18. The van der Waals surface area contributed by atoms with E-state index in [0.29, 0.717) is 12.8 Å². The van der Waals surface area contributed by atoms with E-state index in [9.17, 15) is 9.59 Å². The molecule has 0 aromatic rings. The average molecular weight is 397 g/mol. The summed E-state index contributed by atoms with van der Waals surface area (Å²) in [7, 11) is 0. The van der Waals surface area contributed by atoms with E-state index in [1.54, 1.807) is 6.92 Å². The van der Waals surface area contributed by atoms with Crippen LogP contribution in [0.5, 0.6) is 0 Å². The first kappa shape index (κ1) is 27.1. The van der Waals surface area contributed by atoms with Gasteiger partial charge in [0, 0.05) is 12.8 Å². The van der Waals surface area contributed by atoms with Crippen molar-refractivity contribution >= 4 is 11.8 Å². The molecule has 0 spiro atoms. The Labute approximate surface area is 175 Å². The zero-order valence-electron chi connectivity index (χ0n) is 19.2. The van der Waals surface area contributed by atoms with Crippen molar-refractivity contribution in [3.05, 3.63) is 0 Å².